The Bertz CT molecular complexity index is 376. The molecule has 0 N–H and O–H groups in total. The molecule has 1 unspecified atom stereocenters. The molecule has 4 heteroatoms. The van der Waals surface area contributed by atoms with E-state index >= 15 is 0 Å². The van der Waals surface area contributed by atoms with E-state index < -0.39 is 0 Å². The Kier molecular flexibility index (Phi) is 4.87. The first-order chi connectivity index (χ1) is 8.31. The van der Waals surface area contributed by atoms with E-state index in [1.54, 1.807) is 0 Å². The quantitative estimate of drug-likeness (QED) is 0.791. The molecular formula is C14H21BBrNO. The fourth-order valence-electron chi connectivity index (χ4n) is 2.88. The van der Waals surface area contributed by atoms with Crippen molar-refractivity contribution in [3.05, 3.63) is 34.3 Å². The van der Waals surface area contributed by atoms with Crippen molar-refractivity contribution in [2.75, 3.05) is 19.6 Å². The summed E-state index contributed by atoms with van der Waals surface area (Å²) in [7, 11) is 0. The third kappa shape index (κ3) is 3.17. The maximum atomic E-state index is 6.09. The van der Waals surface area contributed by atoms with Gasteiger partial charge in [0.05, 0.1) is 21.1 Å². The first-order valence-corrected chi connectivity index (χ1v) is 7.19. The lowest BCUT2D eigenvalue weighted by atomic mass is 9.86. The minimum atomic E-state index is 0. The second-order valence-electron chi connectivity index (χ2n) is 5.11. The summed E-state index contributed by atoms with van der Waals surface area (Å²) in [5.74, 6) is 0.801. The van der Waals surface area contributed by atoms with Gasteiger partial charge in [0, 0.05) is 11.0 Å². The van der Waals surface area contributed by atoms with Gasteiger partial charge >= 0.3 is 0 Å². The van der Waals surface area contributed by atoms with Crippen molar-refractivity contribution in [1.29, 1.82) is 0 Å². The minimum Gasteiger partial charge on any atom is -0.372 e. The molecular weight excluding hydrogens is 289 g/mol. The van der Waals surface area contributed by atoms with Gasteiger partial charge in [-0.1, -0.05) is 28.1 Å². The van der Waals surface area contributed by atoms with Crippen LogP contribution in [0.1, 0.15) is 18.4 Å². The third-order valence-corrected chi connectivity index (χ3v) is 4.50. The molecule has 4 rings (SSSR count). The van der Waals surface area contributed by atoms with Gasteiger partial charge in [-0.3, -0.25) is 0 Å². The zero-order valence-corrected chi connectivity index (χ0v) is 11.5. The molecule has 0 radical (unpaired) electrons. The molecule has 2 bridgehead atoms. The summed E-state index contributed by atoms with van der Waals surface area (Å²) in [6.07, 6.45) is 3.11. The van der Waals surface area contributed by atoms with Crippen LogP contribution in [0, 0.1) is 5.92 Å². The van der Waals surface area contributed by atoms with Crippen LogP contribution in [0.3, 0.4) is 0 Å². The van der Waals surface area contributed by atoms with Crippen LogP contribution >= 0.6 is 15.9 Å². The molecule has 0 aliphatic carbocycles. The summed E-state index contributed by atoms with van der Waals surface area (Å²) in [6, 6.07) is 8.42. The zero-order chi connectivity index (χ0) is 11.7. The Morgan fingerprint density at radius 3 is 2.39 bits per heavy atom. The average molecular weight is 310 g/mol. The molecule has 2 nitrogen and oxygen atoms in total. The molecule has 0 aromatic heterocycles. The molecule has 0 spiro atoms. The standard InChI is InChI=1S/C14H18BrNO.BH3/c15-13-3-1-11(2-4-13)10-17-14-9-16-7-5-12(14)6-8-16;/h1-4,12,14H,5-10H2;1H3. The van der Waals surface area contributed by atoms with Gasteiger partial charge in [-0.2, -0.15) is 0 Å². The number of ether oxygens (including phenoxy) is 1. The van der Waals surface area contributed by atoms with Crippen LogP contribution in [0.25, 0.3) is 0 Å². The van der Waals surface area contributed by atoms with Gasteiger partial charge in [0.25, 0.3) is 0 Å². The first kappa shape index (κ1) is 14.1. The molecule has 3 saturated heterocycles. The molecule has 3 aliphatic rings. The van der Waals surface area contributed by atoms with Crippen molar-refractivity contribution >= 4 is 24.3 Å². The van der Waals surface area contributed by atoms with Crippen LogP contribution < -0.4 is 0 Å². The van der Waals surface area contributed by atoms with Gasteiger partial charge in [0.15, 0.2) is 0 Å². The summed E-state index contributed by atoms with van der Waals surface area (Å²) in [5, 5.41) is 0. The largest absolute Gasteiger partial charge is 0.372 e. The molecule has 3 fully saturated rings. The van der Waals surface area contributed by atoms with Crippen LogP contribution in [-0.4, -0.2) is 39.1 Å². The first-order valence-electron chi connectivity index (χ1n) is 6.40. The molecule has 3 aliphatic heterocycles. The van der Waals surface area contributed by atoms with E-state index in [0.29, 0.717) is 6.10 Å². The van der Waals surface area contributed by atoms with E-state index in [4.69, 9.17) is 4.74 Å². The highest BCUT2D eigenvalue weighted by Crippen LogP contribution is 2.30. The normalized spacial score (nSPS) is 29.9. The predicted octanol–water partition coefficient (Wildman–Crippen LogP) is 1.88. The number of nitrogens with zero attached hydrogens (tertiary/aromatic N) is 1. The Morgan fingerprint density at radius 1 is 1.17 bits per heavy atom. The Balaban J connectivity index is 0.00000120. The fourth-order valence-corrected chi connectivity index (χ4v) is 3.15. The number of benzene rings is 1. The smallest absolute Gasteiger partial charge is 0.0814 e. The van der Waals surface area contributed by atoms with E-state index in [1.807, 2.05) is 0 Å². The topological polar surface area (TPSA) is 12.5 Å². The Hall–Kier alpha value is -0.315. The third-order valence-electron chi connectivity index (χ3n) is 3.97. The van der Waals surface area contributed by atoms with Crippen molar-refractivity contribution in [1.82, 2.24) is 4.90 Å². The van der Waals surface area contributed by atoms with Crippen LogP contribution in [0.5, 0.6) is 0 Å². The molecule has 3 heterocycles. The molecule has 1 atom stereocenters. The summed E-state index contributed by atoms with van der Waals surface area (Å²) in [5.41, 5.74) is 1.27. The SMILES string of the molecule is B.Brc1ccc(COC2CN3CCC2CC3)cc1. The van der Waals surface area contributed by atoms with Crippen molar-refractivity contribution in [3.8, 4) is 0 Å². The van der Waals surface area contributed by atoms with Crippen LogP contribution in [0.4, 0.5) is 0 Å². The summed E-state index contributed by atoms with van der Waals surface area (Å²) < 4.78 is 7.21. The highest BCUT2D eigenvalue weighted by molar-refractivity contribution is 9.10. The number of piperidine rings is 3. The lowest BCUT2D eigenvalue weighted by Gasteiger charge is -2.44. The Morgan fingerprint density at radius 2 is 1.83 bits per heavy atom. The van der Waals surface area contributed by atoms with Gasteiger partial charge in [-0.15, -0.1) is 0 Å². The number of fused-ring (bicyclic) bond motifs is 3. The van der Waals surface area contributed by atoms with E-state index in [-0.39, 0.29) is 8.41 Å². The monoisotopic (exact) mass is 309 g/mol. The minimum absolute atomic E-state index is 0. The van der Waals surface area contributed by atoms with Crippen molar-refractivity contribution in [2.24, 2.45) is 5.92 Å². The molecule has 0 saturated carbocycles. The maximum Gasteiger partial charge on any atom is 0.0814 e. The van der Waals surface area contributed by atoms with Gasteiger partial charge in [0.1, 0.15) is 0 Å². The van der Waals surface area contributed by atoms with Gasteiger partial charge in [0.2, 0.25) is 0 Å². The molecule has 18 heavy (non-hydrogen) atoms. The van der Waals surface area contributed by atoms with Crippen LogP contribution in [0.15, 0.2) is 28.7 Å². The lowest BCUT2D eigenvalue weighted by molar-refractivity contribution is -0.0765. The van der Waals surface area contributed by atoms with Gasteiger partial charge < -0.3 is 9.64 Å². The summed E-state index contributed by atoms with van der Waals surface area (Å²) in [6.45, 7) is 4.45. The lowest BCUT2D eigenvalue weighted by Crippen LogP contribution is -2.51. The molecule has 1 aromatic carbocycles. The predicted molar refractivity (Wildman–Crippen MR) is 81.8 cm³/mol. The number of hydrogen-bond acceptors (Lipinski definition) is 2. The summed E-state index contributed by atoms with van der Waals surface area (Å²) >= 11 is 3.45. The second-order valence-corrected chi connectivity index (χ2v) is 6.03. The van der Waals surface area contributed by atoms with Crippen molar-refractivity contribution in [3.63, 3.8) is 0 Å². The van der Waals surface area contributed by atoms with Crippen molar-refractivity contribution < 1.29 is 4.74 Å². The average Bonchev–Trinajstić information content (AvgIpc) is 2.39. The maximum absolute atomic E-state index is 6.09. The molecule has 1 aromatic rings. The van der Waals surface area contributed by atoms with E-state index in [9.17, 15) is 0 Å². The van der Waals surface area contributed by atoms with Crippen molar-refractivity contribution in [2.45, 2.75) is 25.6 Å². The zero-order valence-electron chi connectivity index (χ0n) is 9.94. The Labute approximate surface area is 119 Å². The van der Waals surface area contributed by atoms with E-state index in [1.165, 1.54) is 31.5 Å². The van der Waals surface area contributed by atoms with E-state index in [0.717, 1.165) is 23.5 Å². The fraction of sp³-hybridized carbons (Fsp3) is 0.571. The van der Waals surface area contributed by atoms with Gasteiger partial charge in [-0.25, -0.2) is 0 Å². The number of hydrogen-bond donors (Lipinski definition) is 0. The van der Waals surface area contributed by atoms with Crippen LogP contribution in [0.2, 0.25) is 0 Å². The summed E-state index contributed by atoms with van der Waals surface area (Å²) in [4.78, 5) is 2.53. The number of rotatable bonds is 3. The van der Waals surface area contributed by atoms with E-state index in [2.05, 4.69) is 45.1 Å². The second kappa shape index (κ2) is 6.22. The highest BCUT2D eigenvalue weighted by Gasteiger charge is 2.34. The van der Waals surface area contributed by atoms with Crippen LogP contribution in [-0.2, 0) is 11.3 Å². The molecule has 98 valence electrons. The molecule has 0 amide bonds. The number of halogens is 1. The highest BCUT2D eigenvalue weighted by atomic mass is 79.9. The van der Waals surface area contributed by atoms with Gasteiger partial charge in [-0.05, 0) is 49.5 Å².